The minimum Gasteiger partial charge on any atom is -0.396 e. The molecule has 5 nitrogen and oxygen atoms in total. The van der Waals surface area contributed by atoms with Crippen LogP contribution >= 0.6 is 0 Å². The number of hydrogen-bond donors (Lipinski definition) is 3. The van der Waals surface area contributed by atoms with E-state index < -0.39 is 0 Å². The maximum absolute atomic E-state index is 12.3. The van der Waals surface area contributed by atoms with Crippen LogP contribution in [-0.2, 0) is 0 Å². The number of aliphatic hydroxyl groups is 1. The summed E-state index contributed by atoms with van der Waals surface area (Å²) in [7, 11) is 0. The van der Waals surface area contributed by atoms with Crippen LogP contribution in [-0.4, -0.2) is 30.1 Å². The highest BCUT2D eigenvalue weighted by Crippen LogP contribution is 2.16. The molecular formula is C20H24N2O3. The third-order valence-corrected chi connectivity index (χ3v) is 3.86. The van der Waals surface area contributed by atoms with E-state index in [0.29, 0.717) is 35.7 Å². The molecule has 0 atom stereocenters. The van der Waals surface area contributed by atoms with E-state index >= 15 is 0 Å². The molecule has 132 valence electrons. The van der Waals surface area contributed by atoms with E-state index in [1.807, 2.05) is 24.3 Å². The molecule has 0 saturated heterocycles. The number of nitrogens with one attached hydrogen (secondary N) is 2. The first kappa shape index (κ1) is 18.7. The van der Waals surface area contributed by atoms with Crippen molar-refractivity contribution in [2.75, 3.05) is 18.5 Å². The minimum atomic E-state index is -0.199. The summed E-state index contributed by atoms with van der Waals surface area (Å²) in [6.45, 7) is 4.69. The Labute approximate surface area is 148 Å². The number of benzene rings is 2. The molecule has 0 heterocycles. The van der Waals surface area contributed by atoms with Crippen LogP contribution in [0.15, 0.2) is 48.5 Å². The number of carbonyl (C=O) groups is 2. The predicted octanol–water partition coefficient (Wildman–Crippen LogP) is 3.17. The number of hydrogen-bond acceptors (Lipinski definition) is 3. The van der Waals surface area contributed by atoms with Crippen LogP contribution in [0.2, 0.25) is 0 Å². The predicted molar refractivity (Wildman–Crippen MR) is 99.0 cm³/mol. The molecule has 0 fully saturated rings. The van der Waals surface area contributed by atoms with Gasteiger partial charge in [0, 0.05) is 30.0 Å². The number of aliphatic hydroxyl groups excluding tert-OH is 1. The molecule has 2 amide bonds. The summed E-state index contributed by atoms with van der Waals surface area (Å²) in [5, 5.41) is 14.3. The number of amides is 2. The highest BCUT2D eigenvalue weighted by atomic mass is 16.3. The van der Waals surface area contributed by atoms with Crippen molar-refractivity contribution in [3.63, 3.8) is 0 Å². The fourth-order valence-corrected chi connectivity index (χ4v) is 2.31. The van der Waals surface area contributed by atoms with Crippen molar-refractivity contribution < 1.29 is 14.7 Å². The summed E-state index contributed by atoms with van der Waals surface area (Å²) in [5.74, 6) is 0.0410. The van der Waals surface area contributed by atoms with E-state index in [9.17, 15) is 9.59 Å². The third-order valence-electron chi connectivity index (χ3n) is 3.86. The quantitative estimate of drug-likeness (QED) is 0.677. The van der Waals surface area contributed by atoms with Gasteiger partial charge in [0.1, 0.15) is 0 Å². The van der Waals surface area contributed by atoms with E-state index in [1.54, 1.807) is 24.3 Å². The zero-order valence-corrected chi connectivity index (χ0v) is 14.6. The SMILES string of the molecule is CC(C)c1ccc(C(=O)Nc2ccc(C(=O)NCCCO)cc2)cc1. The van der Waals surface area contributed by atoms with Gasteiger partial charge in [-0.15, -0.1) is 0 Å². The number of rotatable bonds is 7. The van der Waals surface area contributed by atoms with E-state index in [2.05, 4.69) is 24.5 Å². The molecule has 3 N–H and O–H groups in total. The Balaban J connectivity index is 1.96. The normalized spacial score (nSPS) is 10.6. The molecule has 2 rings (SSSR count). The summed E-state index contributed by atoms with van der Waals surface area (Å²) < 4.78 is 0. The van der Waals surface area contributed by atoms with Crippen LogP contribution in [0, 0.1) is 0 Å². The lowest BCUT2D eigenvalue weighted by molar-refractivity contribution is 0.0950. The second kappa shape index (κ2) is 8.99. The average molecular weight is 340 g/mol. The first-order valence-corrected chi connectivity index (χ1v) is 8.41. The molecule has 0 aliphatic carbocycles. The molecule has 0 aliphatic heterocycles. The monoisotopic (exact) mass is 340 g/mol. The van der Waals surface area contributed by atoms with Gasteiger partial charge in [0.15, 0.2) is 0 Å². The number of carbonyl (C=O) groups excluding carboxylic acids is 2. The third kappa shape index (κ3) is 5.43. The maximum Gasteiger partial charge on any atom is 0.255 e. The van der Waals surface area contributed by atoms with E-state index in [1.165, 1.54) is 5.56 Å². The fraction of sp³-hybridized carbons (Fsp3) is 0.300. The maximum atomic E-state index is 12.3. The largest absolute Gasteiger partial charge is 0.396 e. The van der Waals surface area contributed by atoms with Gasteiger partial charge >= 0.3 is 0 Å². The molecule has 0 aromatic heterocycles. The first-order chi connectivity index (χ1) is 12.0. The second-order valence-corrected chi connectivity index (χ2v) is 6.14. The molecule has 0 unspecified atom stereocenters. The zero-order valence-electron chi connectivity index (χ0n) is 14.6. The average Bonchev–Trinajstić information content (AvgIpc) is 2.62. The van der Waals surface area contributed by atoms with Crippen LogP contribution in [0.1, 0.15) is 52.5 Å². The Morgan fingerprint density at radius 2 is 1.48 bits per heavy atom. The Kier molecular flexibility index (Phi) is 6.71. The highest BCUT2D eigenvalue weighted by Gasteiger charge is 2.09. The van der Waals surface area contributed by atoms with Crippen LogP contribution < -0.4 is 10.6 Å². The topological polar surface area (TPSA) is 78.4 Å². The molecule has 0 radical (unpaired) electrons. The van der Waals surface area contributed by atoms with E-state index in [4.69, 9.17) is 5.11 Å². The highest BCUT2D eigenvalue weighted by molar-refractivity contribution is 6.04. The van der Waals surface area contributed by atoms with Crippen molar-refractivity contribution in [2.24, 2.45) is 0 Å². The Bertz CT molecular complexity index is 707. The van der Waals surface area contributed by atoms with Gasteiger partial charge in [-0.25, -0.2) is 0 Å². The lowest BCUT2D eigenvalue weighted by Crippen LogP contribution is -2.25. The van der Waals surface area contributed by atoms with Gasteiger partial charge in [-0.3, -0.25) is 9.59 Å². The van der Waals surface area contributed by atoms with Gasteiger partial charge in [-0.05, 0) is 54.3 Å². The van der Waals surface area contributed by atoms with Gasteiger partial charge in [0.05, 0.1) is 0 Å². The summed E-state index contributed by atoms with van der Waals surface area (Å²) in [5.41, 5.74) is 2.92. The molecule has 0 bridgehead atoms. The van der Waals surface area contributed by atoms with Gasteiger partial charge in [0.2, 0.25) is 0 Å². The summed E-state index contributed by atoms with van der Waals surface area (Å²) in [6.07, 6.45) is 0.523. The van der Waals surface area contributed by atoms with Crippen LogP contribution in [0.25, 0.3) is 0 Å². The molecule has 2 aromatic rings. The molecule has 25 heavy (non-hydrogen) atoms. The van der Waals surface area contributed by atoms with E-state index in [0.717, 1.165) is 0 Å². The Hall–Kier alpha value is -2.66. The van der Waals surface area contributed by atoms with Crippen molar-refractivity contribution in [2.45, 2.75) is 26.2 Å². The van der Waals surface area contributed by atoms with Crippen LogP contribution in [0.5, 0.6) is 0 Å². The Morgan fingerprint density at radius 3 is 2.04 bits per heavy atom. The molecular weight excluding hydrogens is 316 g/mol. The van der Waals surface area contributed by atoms with Crippen LogP contribution in [0.4, 0.5) is 5.69 Å². The smallest absolute Gasteiger partial charge is 0.255 e. The minimum absolute atomic E-state index is 0.0450. The van der Waals surface area contributed by atoms with Crippen molar-refractivity contribution in [3.8, 4) is 0 Å². The molecule has 0 saturated carbocycles. The summed E-state index contributed by atoms with van der Waals surface area (Å²) >= 11 is 0. The standard InChI is InChI=1S/C20H24N2O3/c1-14(2)15-4-6-17(7-5-15)20(25)22-18-10-8-16(9-11-18)19(24)21-12-3-13-23/h4-11,14,23H,3,12-13H2,1-2H3,(H,21,24)(H,22,25). The van der Waals surface area contributed by atoms with Crippen molar-refractivity contribution in [3.05, 3.63) is 65.2 Å². The summed E-state index contributed by atoms with van der Waals surface area (Å²) in [6, 6.07) is 14.3. The van der Waals surface area contributed by atoms with Crippen molar-refractivity contribution in [1.29, 1.82) is 0 Å². The molecule has 0 aliphatic rings. The van der Waals surface area contributed by atoms with Gasteiger partial charge in [0.25, 0.3) is 11.8 Å². The second-order valence-electron chi connectivity index (χ2n) is 6.14. The fourth-order valence-electron chi connectivity index (χ4n) is 2.31. The van der Waals surface area contributed by atoms with Crippen LogP contribution in [0.3, 0.4) is 0 Å². The molecule has 0 spiro atoms. The lowest BCUT2D eigenvalue weighted by Gasteiger charge is -2.09. The zero-order chi connectivity index (χ0) is 18.2. The summed E-state index contributed by atoms with van der Waals surface area (Å²) in [4.78, 5) is 24.2. The Morgan fingerprint density at radius 1 is 0.920 bits per heavy atom. The van der Waals surface area contributed by atoms with Crippen molar-refractivity contribution >= 4 is 17.5 Å². The van der Waals surface area contributed by atoms with Gasteiger partial charge in [-0.1, -0.05) is 26.0 Å². The first-order valence-electron chi connectivity index (χ1n) is 8.41. The van der Waals surface area contributed by atoms with Gasteiger partial charge in [-0.2, -0.15) is 0 Å². The van der Waals surface area contributed by atoms with Crippen molar-refractivity contribution in [1.82, 2.24) is 5.32 Å². The number of anilines is 1. The van der Waals surface area contributed by atoms with Gasteiger partial charge < -0.3 is 15.7 Å². The van der Waals surface area contributed by atoms with E-state index in [-0.39, 0.29) is 18.4 Å². The molecule has 5 heteroatoms. The molecule has 2 aromatic carbocycles. The lowest BCUT2D eigenvalue weighted by atomic mass is 10.0.